The van der Waals surface area contributed by atoms with Gasteiger partial charge in [-0.25, -0.2) is 0 Å². The van der Waals surface area contributed by atoms with Crippen LogP contribution < -0.4 is 21.4 Å². The van der Waals surface area contributed by atoms with E-state index in [0.717, 1.165) is 47.1 Å². The molecule has 0 amide bonds. The van der Waals surface area contributed by atoms with E-state index in [2.05, 4.69) is 50.2 Å². The Kier molecular flexibility index (Phi) is 2.68. The lowest BCUT2D eigenvalue weighted by molar-refractivity contribution is 0.215. The SMILES string of the molecule is Cc1ccc2c(c1)=NC1(CCC3(CC1)N=c1ccc(C)cc1=N3)N=2. The van der Waals surface area contributed by atoms with Gasteiger partial charge >= 0.3 is 0 Å². The van der Waals surface area contributed by atoms with Crippen molar-refractivity contribution in [1.29, 1.82) is 0 Å². The summed E-state index contributed by atoms with van der Waals surface area (Å²) < 4.78 is 0. The van der Waals surface area contributed by atoms with Crippen molar-refractivity contribution >= 4 is 0 Å². The molecule has 0 aromatic heterocycles. The van der Waals surface area contributed by atoms with Crippen LogP contribution in [0.1, 0.15) is 36.8 Å². The van der Waals surface area contributed by atoms with Crippen molar-refractivity contribution < 1.29 is 0 Å². The lowest BCUT2D eigenvalue weighted by atomic mass is 9.83. The Morgan fingerprint density at radius 3 is 1.38 bits per heavy atom. The van der Waals surface area contributed by atoms with Crippen molar-refractivity contribution in [1.82, 2.24) is 0 Å². The monoisotopic (exact) mass is 316 g/mol. The smallest absolute Gasteiger partial charge is 0.151 e. The molecule has 1 saturated carbocycles. The molecule has 3 aliphatic rings. The molecule has 1 aliphatic carbocycles. The predicted molar refractivity (Wildman–Crippen MR) is 90.9 cm³/mol. The van der Waals surface area contributed by atoms with Gasteiger partial charge in [0.25, 0.3) is 0 Å². The molecule has 120 valence electrons. The topological polar surface area (TPSA) is 49.4 Å². The number of aryl methyl sites for hydroxylation is 2. The van der Waals surface area contributed by atoms with E-state index in [9.17, 15) is 0 Å². The van der Waals surface area contributed by atoms with Crippen molar-refractivity contribution in [2.45, 2.75) is 50.9 Å². The highest BCUT2D eigenvalue weighted by molar-refractivity contribution is 5.19. The molecule has 0 bridgehead atoms. The molecule has 0 atom stereocenters. The third-order valence-electron chi connectivity index (χ3n) is 5.43. The average Bonchev–Trinajstić information content (AvgIpc) is 3.08. The van der Waals surface area contributed by atoms with E-state index in [0.29, 0.717) is 0 Å². The Bertz CT molecular complexity index is 1000. The lowest BCUT2D eigenvalue weighted by Gasteiger charge is -2.36. The maximum Gasteiger partial charge on any atom is 0.151 e. The zero-order chi connectivity index (χ0) is 16.4. The largest absolute Gasteiger partial charge is 0.253 e. The minimum atomic E-state index is -0.281. The number of benzene rings is 2. The summed E-state index contributed by atoms with van der Waals surface area (Å²) in [5.74, 6) is 0. The van der Waals surface area contributed by atoms with Gasteiger partial charge in [0.15, 0.2) is 11.3 Å². The first-order valence-electron chi connectivity index (χ1n) is 8.68. The Balaban J connectivity index is 1.49. The minimum Gasteiger partial charge on any atom is -0.253 e. The summed E-state index contributed by atoms with van der Waals surface area (Å²) in [7, 11) is 0. The number of hydrogen-bond acceptors (Lipinski definition) is 4. The predicted octanol–water partition coefficient (Wildman–Crippen LogP) is 1.48. The second-order valence-electron chi connectivity index (χ2n) is 7.40. The summed E-state index contributed by atoms with van der Waals surface area (Å²) in [4.78, 5) is 19.8. The second kappa shape index (κ2) is 4.59. The van der Waals surface area contributed by atoms with Crippen molar-refractivity contribution in [3.8, 4) is 0 Å². The zero-order valence-electron chi connectivity index (χ0n) is 14.1. The van der Waals surface area contributed by atoms with Crippen LogP contribution in [0.5, 0.6) is 0 Å². The Hall–Kier alpha value is -2.36. The standard InChI is InChI=1S/C20H20N4/c1-13-3-5-15-17(11-13)23-19(21-15)7-9-20(10-8-19)22-16-6-4-14(2)12-18(16)24-20/h3-6,11-12H,7-10H2,1-2H3. The summed E-state index contributed by atoms with van der Waals surface area (Å²) in [6.45, 7) is 4.21. The van der Waals surface area contributed by atoms with Gasteiger partial charge in [-0.2, -0.15) is 0 Å². The first-order valence-corrected chi connectivity index (χ1v) is 8.68. The molecule has 24 heavy (non-hydrogen) atoms. The molecule has 0 unspecified atom stereocenters. The number of fused-ring (bicyclic) bond motifs is 2. The van der Waals surface area contributed by atoms with Crippen LogP contribution >= 0.6 is 0 Å². The number of nitrogens with zero attached hydrogens (tertiary/aromatic N) is 4. The van der Waals surface area contributed by atoms with Crippen LogP contribution in [0.4, 0.5) is 0 Å². The molecule has 2 aromatic carbocycles. The van der Waals surface area contributed by atoms with Gasteiger partial charge in [0.2, 0.25) is 0 Å². The van der Waals surface area contributed by atoms with Gasteiger partial charge in [0.1, 0.15) is 0 Å². The fourth-order valence-electron chi connectivity index (χ4n) is 4.08. The van der Waals surface area contributed by atoms with Gasteiger partial charge < -0.3 is 0 Å². The third-order valence-corrected chi connectivity index (χ3v) is 5.43. The zero-order valence-corrected chi connectivity index (χ0v) is 14.1. The molecule has 1 fully saturated rings. The van der Waals surface area contributed by atoms with Crippen LogP contribution in [0.3, 0.4) is 0 Å². The molecular formula is C20H20N4. The maximum absolute atomic E-state index is 4.97. The molecule has 4 nitrogen and oxygen atoms in total. The minimum absolute atomic E-state index is 0.281. The molecule has 0 saturated heterocycles. The first kappa shape index (κ1) is 14.0. The van der Waals surface area contributed by atoms with Crippen molar-refractivity contribution in [2.24, 2.45) is 20.0 Å². The first-order chi connectivity index (χ1) is 11.5. The van der Waals surface area contributed by atoms with Crippen LogP contribution in [0, 0.1) is 13.8 Å². The molecule has 2 spiro atoms. The van der Waals surface area contributed by atoms with Crippen molar-refractivity contribution in [3.63, 3.8) is 0 Å². The van der Waals surface area contributed by atoms with Gasteiger partial charge in [-0.05, 0) is 74.9 Å². The third kappa shape index (κ3) is 2.05. The molecule has 0 radical (unpaired) electrons. The Labute approximate surface area is 140 Å². The molecule has 2 heterocycles. The summed E-state index contributed by atoms with van der Waals surface area (Å²) in [6, 6.07) is 12.7. The van der Waals surface area contributed by atoms with Gasteiger partial charge in [-0.15, -0.1) is 0 Å². The van der Waals surface area contributed by atoms with Gasteiger partial charge in [-0.3, -0.25) is 20.0 Å². The maximum atomic E-state index is 4.97. The second-order valence-corrected chi connectivity index (χ2v) is 7.40. The van der Waals surface area contributed by atoms with Crippen LogP contribution in [-0.4, -0.2) is 11.3 Å². The van der Waals surface area contributed by atoms with Crippen LogP contribution in [0.25, 0.3) is 0 Å². The van der Waals surface area contributed by atoms with E-state index in [1.54, 1.807) is 0 Å². The Morgan fingerprint density at radius 1 is 0.583 bits per heavy atom. The highest BCUT2D eigenvalue weighted by Gasteiger charge is 2.44. The molecule has 5 rings (SSSR count). The quantitative estimate of drug-likeness (QED) is 0.707. The molecule has 2 aliphatic heterocycles. The molecule has 2 aromatic rings. The van der Waals surface area contributed by atoms with E-state index < -0.39 is 0 Å². The van der Waals surface area contributed by atoms with Gasteiger partial charge in [0.05, 0.1) is 21.4 Å². The summed E-state index contributed by atoms with van der Waals surface area (Å²) in [6.07, 6.45) is 3.67. The van der Waals surface area contributed by atoms with Crippen molar-refractivity contribution in [3.05, 3.63) is 69.0 Å². The Morgan fingerprint density at radius 2 is 0.958 bits per heavy atom. The summed E-state index contributed by atoms with van der Waals surface area (Å²) in [5, 5.41) is 4.17. The van der Waals surface area contributed by atoms with Crippen LogP contribution in [0.2, 0.25) is 0 Å². The van der Waals surface area contributed by atoms with Crippen molar-refractivity contribution in [2.75, 3.05) is 0 Å². The summed E-state index contributed by atoms with van der Waals surface area (Å²) in [5.41, 5.74) is 1.92. The fourth-order valence-corrected chi connectivity index (χ4v) is 4.08. The van der Waals surface area contributed by atoms with E-state index >= 15 is 0 Å². The van der Waals surface area contributed by atoms with Gasteiger partial charge in [-0.1, -0.05) is 12.1 Å². The van der Waals surface area contributed by atoms with Gasteiger partial charge in [0, 0.05) is 0 Å². The number of rotatable bonds is 0. The van der Waals surface area contributed by atoms with E-state index in [1.807, 2.05) is 0 Å². The fraction of sp³-hybridized carbons (Fsp3) is 0.400. The van der Waals surface area contributed by atoms with Crippen LogP contribution in [0.15, 0.2) is 56.4 Å². The highest BCUT2D eigenvalue weighted by atomic mass is 15.2. The van der Waals surface area contributed by atoms with E-state index in [-0.39, 0.29) is 11.3 Å². The van der Waals surface area contributed by atoms with Crippen LogP contribution in [-0.2, 0) is 0 Å². The molecular weight excluding hydrogens is 296 g/mol. The normalized spacial score (nSPS) is 29.4. The lowest BCUT2D eigenvalue weighted by Crippen LogP contribution is -2.38. The highest BCUT2D eigenvalue weighted by Crippen LogP contribution is 2.41. The number of hydrogen-bond donors (Lipinski definition) is 0. The molecule has 0 N–H and O–H groups in total. The molecule has 4 heteroatoms. The van der Waals surface area contributed by atoms with E-state index in [4.69, 9.17) is 20.0 Å². The average molecular weight is 316 g/mol. The van der Waals surface area contributed by atoms with E-state index in [1.165, 1.54) is 11.1 Å². The summed E-state index contributed by atoms with van der Waals surface area (Å²) >= 11 is 0.